The number of hydrogen-bond donors (Lipinski definition) is 4. The molecule has 0 aromatic carbocycles. The Morgan fingerprint density at radius 3 is 2.64 bits per heavy atom. The summed E-state index contributed by atoms with van der Waals surface area (Å²) in [7, 11) is 0. The van der Waals surface area contributed by atoms with Crippen LogP contribution in [0.2, 0.25) is 0 Å². The fraction of sp³-hybridized carbons (Fsp3) is 0.471. The summed E-state index contributed by atoms with van der Waals surface area (Å²) in [5.41, 5.74) is 6.07. The molecule has 136 valence electrons. The second-order valence-corrected chi connectivity index (χ2v) is 6.06. The fourth-order valence-electron chi connectivity index (χ4n) is 2.73. The molecule has 0 radical (unpaired) electrons. The number of alkyl halides is 2. The minimum atomic E-state index is -2.46. The van der Waals surface area contributed by atoms with Crippen LogP contribution in [0.1, 0.15) is 37.8 Å². The summed E-state index contributed by atoms with van der Waals surface area (Å²) in [6, 6.07) is 3.27. The Bertz CT molecular complexity index is 624. The van der Waals surface area contributed by atoms with Gasteiger partial charge in [-0.3, -0.25) is 15.2 Å². The van der Waals surface area contributed by atoms with Crippen molar-refractivity contribution in [2.24, 2.45) is 5.73 Å². The highest BCUT2D eigenvalue weighted by molar-refractivity contribution is 6.23. The van der Waals surface area contributed by atoms with Gasteiger partial charge in [-0.15, -0.1) is 0 Å². The average molecular weight is 351 g/mol. The molecular formula is C17H23F2N5O. The highest BCUT2D eigenvalue weighted by atomic mass is 19.3. The van der Waals surface area contributed by atoms with Gasteiger partial charge >= 0.3 is 0 Å². The van der Waals surface area contributed by atoms with Crippen LogP contribution in [0.4, 0.5) is 14.5 Å². The van der Waals surface area contributed by atoms with Crippen molar-refractivity contribution in [3.05, 3.63) is 35.8 Å². The van der Waals surface area contributed by atoms with Crippen LogP contribution in [0, 0.1) is 5.41 Å². The summed E-state index contributed by atoms with van der Waals surface area (Å²) in [6.07, 6.45) is 5.50. The van der Waals surface area contributed by atoms with Crippen LogP contribution < -0.4 is 16.4 Å². The van der Waals surface area contributed by atoms with E-state index in [0.717, 1.165) is 25.7 Å². The number of nitrogens with zero attached hydrogens (tertiary/aromatic N) is 1. The zero-order valence-electron chi connectivity index (χ0n) is 13.9. The lowest BCUT2D eigenvalue weighted by atomic mass is 9.95. The first-order chi connectivity index (χ1) is 12.0. The van der Waals surface area contributed by atoms with Crippen molar-refractivity contribution in [3.8, 4) is 0 Å². The van der Waals surface area contributed by atoms with Gasteiger partial charge in [-0.05, 0) is 25.0 Å². The molecule has 2 rings (SSSR count). The molecule has 0 spiro atoms. The molecule has 1 aliphatic carbocycles. The van der Waals surface area contributed by atoms with Gasteiger partial charge in [-0.2, -0.15) is 0 Å². The van der Waals surface area contributed by atoms with E-state index in [0.29, 0.717) is 5.69 Å². The molecule has 25 heavy (non-hydrogen) atoms. The maximum Gasteiger partial charge on any atom is 0.253 e. The Balaban J connectivity index is 1.98. The van der Waals surface area contributed by atoms with Crippen LogP contribution >= 0.6 is 0 Å². The topological polar surface area (TPSA) is 104 Å². The Morgan fingerprint density at radius 1 is 1.36 bits per heavy atom. The number of amides is 1. The number of carbonyl (C=O) groups is 1. The monoisotopic (exact) mass is 351 g/mol. The van der Waals surface area contributed by atoms with Crippen LogP contribution in [0.5, 0.6) is 0 Å². The maximum atomic E-state index is 12.3. The third-order valence-electron chi connectivity index (χ3n) is 4.06. The van der Waals surface area contributed by atoms with Gasteiger partial charge in [0, 0.05) is 17.9 Å². The number of nitrogens with two attached hydrogens (primary N) is 1. The second kappa shape index (κ2) is 9.10. The molecule has 1 fully saturated rings. The first-order valence-electron chi connectivity index (χ1n) is 8.30. The standard InChI is InChI=1S/C17H23F2N5O/c18-15(19)8-12-6-7-13(9-22-12)24-16(20)14(17(21)25)10-23-11-4-2-1-3-5-11/h6-7,9-11,15,23H,1-5,8H2,(H2,20,24)(H2,21,25)/b14-10+. The van der Waals surface area contributed by atoms with Crippen LogP contribution in [0.3, 0.4) is 0 Å². The first kappa shape index (κ1) is 18.8. The molecule has 0 saturated heterocycles. The number of anilines is 1. The van der Waals surface area contributed by atoms with Gasteiger partial charge < -0.3 is 16.4 Å². The van der Waals surface area contributed by atoms with Gasteiger partial charge in [0.1, 0.15) is 5.84 Å². The van der Waals surface area contributed by atoms with Crippen molar-refractivity contribution in [3.63, 3.8) is 0 Å². The van der Waals surface area contributed by atoms with E-state index in [-0.39, 0.29) is 23.1 Å². The molecule has 1 aromatic heterocycles. The van der Waals surface area contributed by atoms with E-state index in [1.807, 2.05) is 0 Å². The van der Waals surface area contributed by atoms with Gasteiger partial charge in [0.15, 0.2) is 0 Å². The number of pyridine rings is 1. The third kappa shape index (κ3) is 6.13. The summed E-state index contributed by atoms with van der Waals surface area (Å²) in [6.45, 7) is 0. The summed E-state index contributed by atoms with van der Waals surface area (Å²) in [5, 5.41) is 13.9. The molecular weight excluding hydrogens is 328 g/mol. The van der Waals surface area contributed by atoms with Crippen molar-refractivity contribution in [2.45, 2.75) is 51.0 Å². The second-order valence-electron chi connectivity index (χ2n) is 6.06. The molecule has 1 saturated carbocycles. The number of nitrogens with one attached hydrogen (secondary N) is 3. The number of aromatic nitrogens is 1. The smallest absolute Gasteiger partial charge is 0.253 e. The Hall–Kier alpha value is -2.51. The van der Waals surface area contributed by atoms with E-state index < -0.39 is 18.8 Å². The average Bonchev–Trinajstić information content (AvgIpc) is 2.57. The molecule has 5 N–H and O–H groups in total. The van der Waals surface area contributed by atoms with E-state index in [4.69, 9.17) is 11.1 Å². The van der Waals surface area contributed by atoms with E-state index in [1.54, 1.807) is 0 Å². The number of amidine groups is 1. The predicted octanol–water partition coefficient (Wildman–Crippen LogP) is 2.57. The minimum absolute atomic E-state index is 0.0298. The molecule has 1 aliphatic rings. The van der Waals surface area contributed by atoms with Crippen molar-refractivity contribution < 1.29 is 13.6 Å². The highest BCUT2D eigenvalue weighted by Gasteiger charge is 2.16. The predicted molar refractivity (Wildman–Crippen MR) is 92.6 cm³/mol. The number of hydrogen-bond acceptors (Lipinski definition) is 4. The molecule has 1 amide bonds. The SMILES string of the molecule is N=C(Nc1ccc(CC(F)F)nc1)/C(=C\NC1CCCCC1)C(N)=O. The Labute approximate surface area is 145 Å². The third-order valence-corrected chi connectivity index (χ3v) is 4.06. The number of halogens is 2. The lowest BCUT2D eigenvalue weighted by molar-refractivity contribution is -0.114. The molecule has 0 aliphatic heterocycles. The van der Waals surface area contributed by atoms with E-state index in [9.17, 15) is 13.6 Å². The van der Waals surface area contributed by atoms with Gasteiger partial charge in [-0.25, -0.2) is 8.78 Å². The normalized spacial score (nSPS) is 15.9. The van der Waals surface area contributed by atoms with E-state index in [1.165, 1.54) is 31.0 Å². The van der Waals surface area contributed by atoms with Gasteiger partial charge in [0.05, 0.1) is 23.9 Å². The first-order valence-corrected chi connectivity index (χ1v) is 8.30. The Morgan fingerprint density at radius 2 is 2.08 bits per heavy atom. The summed E-state index contributed by atoms with van der Waals surface area (Å²) in [4.78, 5) is 15.5. The molecule has 1 aromatic rings. The van der Waals surface area contributed by atoms with E-state index in [2.05, 4.69) is 15.6 Å². The molecule has 0 atom stereocenters. The zero-order valence-corrected chi connectivity index (χ0v) is 13.9. The van der Waals surface area contributed by atoms with Gasteiger partial charge in [0.2, 0.25) is 6.43 Å². The lowest BCUT2D eigenvalue weighted by Crippen LogP contribution is -2.31. The number of carbonyl (C=O) groups excluding carboxylic acids is 1. The zero-order chi connectivity index (χ0) is 18.2. The summed E-state index contributed by atoms with van der Waals surface area (Å²) < 4.78 is 24.6. The quantitative estimate of drug-likeness (QED) is 0.344. The van der Waals surface area contributed by atoms with Crippen LogP contribution in [0.25, 0.3) is 0 Å². The van der Waals surface area contributed by atoms with Crippen LogP contribution in [-0.2, 0) is 11.2 Å². The molecule has 6 nitrogen and oxygen atoms in total. The van der Waals surface area contributed by atoms with Crippen molar-refractivity contribution in [1.29, 1.82) is 5.41 Å². The van der Waals surface area contributed by atoms with E-state index >= 15 is 0 Å². The largest absolute Gasteiger partial charge is 0.387 e. The maximum absolute atomic E-state index is 12.3. The summed E-state index contributed by atoms with van der Waals surface area (Å²) in [5.74, 6) is -0.887. The number of rotatable bonds is 7. The van der Waals surface area contributed by atoms with Crippen molar-refractivity contribution in [1.82, 2.24) is 10.3 Å². The molecule has 0 bridgehead atoms. The lowest BCUT2D eigenvalue weighted by Gasteiger charge is -2.22. The van der Waals surface area contributed by atoms with Crippen LogP contribution in [0.15, 0.2) is 30.1 Å². The summed E-state index contributed by atoms with van der Waals surface area (Å²) >= 11 is 0. The molecule has 8 heteroatoms. The molecule has 0 unspecified atom stereocenters. The minimum Gasteiger partial charge on any atom is -0.387 e. The van der Waals surface area contributed by atoms with Crippen molar-refractivity contribution >= 4 is 17.4 Å². The van der Waals surface area contributed by atoms with Gasteiger partial charge in [0.25, 0.3) is 5.91 Å². The van der Waals surface area contributed by atoms with Crippen LogP contribution in [-0.4, -0.2) is 29.2 Å². The molecule has 1 heterocycles. The number of primary amides is 1. The van der Waals surface area contributed by atoms with Crippen molar-refractivity contribution in [2.75, 3.05) is 5.32 Å². The van der Waals surface area contributed by atoms with Gasteiger partial charge in [-0.1, -0.05) is 19.3 Å². The fourth-order valence-corrected chi connectivity index (χ4v) is 2.73. The Kier molecular flexibility index (Phi) is 6.85. The highest BCUT2D eigenvalue weighted by Crippen LogP contribution is 2.17.